The summed E-state index contributed by atoms with van der Waals surface area (Å²) >= 11 is 0. The summed E-state index contributed by atoms with van der Waals surface area (Å²) in [5.41, 5.74) is 0. The van der Waals surface area contributed by atoms with Crippen LogP contribution >= 0.6 is 0 Å². The zero-order valence-corrected chi connectivity index (χ0v) is 12.1. The van der Waals surface area contributed by atoms with E-state index < -0.39 is 9.84 Å². The Morgan fingerprint density at radius 3 is 2.41 bits per heavy atom. The van der Waals surface area contributed by atoms with Crippen molar-refractivity contribution in [3.63, 3.8) is 0 Å². The number of hydrogen-bond acceptors (Lipinski definition) is 3. The van der Waals surface area contributed by atoms with E-state index in [1.807, 2.05) is 6.92 Å². The molecular weight excluding hydrogens is 238 g/mol. The van der Waals surface area contributed by atoms with Crippen LogP contribution in [0.2, 0.25) is 0 Å². The van der Waals surface area contributed by atoms with Gasteiger partial charge >= 0.3 is 0 Å². The molecule has 102 valence electrons. The molecule has 0 atom stereocenters. The molecule has 6 heteroatoms. The molecule has 0 radical (unpaired) electrons. The molecular formula is C11H25N3O2S. The lowest BCUT2D eigenvalue weighted by molar-refractivity contribution is 0.594. The maximum atomic E-state index is 11.0. The van der Waals surface area contributed by atoms with Gasteiger partial charge in [-0.15, -0.1) is 0 Å². The quantitative estimate of drug-likeness (QED) is 0.522. The highest BCUT2D eigenvalue weighted by Crippen LogP contribution is 1.98. The average molecular weight is 263 g/mol. The van der Waals surface area contributed by atoms with Gasteiger partial charge in [0.2, 0.25) is 0 Å². The van der Waals surface area contributed by atoms with Gasteiger partial charge in [-0.3, -0.25) is 4.99 Å². The number of sulfone groups is 1. The fourth-order valence-corrected chi connectivity index (χ4v) is 1.60. The van der Waals surface area contributed by atoms with Crippen molar-refractivity contribution in [1.29, 1.82) is 0 Å². The van der Waals surface area contributed by atoms with Gasteiger partial charge in [-0.25, -0.2) is 8.42 Å². The predicted octanol–water partition coefficient (Wildman–Crippen LogP) is 0.632. The fourth-order valence-electron chi connectivity index (χ4n) is 1.13. The van der Waals surface area contributed by atoms with Gasteiger partial charge in [-0.1, -0.05) is 13.8 Å². The summed E-state index contributed by atoms with van der Waals surface area (Å²) < 4.78 is 21.9. The summed E-state index contributed by atoms with van der Waals surface area (Å²) in [5.74, 6) is 1.44. The lowest BCUT2D eigenvalue weighted by Crippen LogP contribution is -2.39. The molecule has 0 fully saturated rings. The van der Waals surface area contributed by atoms with Gasteiger partial charge in [0.1, 0.15) is 9.84 Å². The highest BCUT2D eigenvalue weighted by molar-refractivity contribution is 7.90. The van der Waals surface area contributed by atoms with Gasteiger partial charge in [0.15, 0.2) is 5.96 Å². The summed E-state index contributed by atoms with van der Waals surface area (Å²) in [6.07, 6.45) is 2.26. The smallest absolute Gasteiger partial charge is 0.191 e. The Bertz CT molecular complexity index is 324. The largest absolute Gasteiger partial charge is 0.357 e. The third kappa shape index (κ3) is 11.5. The molecule has 0 amide bonds. The second kappa shape index (κ2) is 8.33. The SMILES string of the molecule is CCNC(=NCCC(C)C)NCCS(C)(=O)=O. The van der Waals surface area contributed by atoms with Crippen molar-refractivity contribution in [3.05, 3.63) is 0 Å². The van der Waals surface area contributed by atoms with E-state index in [2.05, 4.69) is 29.5 Å². The highest BCUT2D eigenvalue weighted by Gasteiger charge is 2.03. The van der Waals surface area contributed by atoms with E-state index in [9.17, 15) is 8.42 Å². The van der Waals surface area contributed by atoms with Crippen LogP contribution in [0.25, 0.3) is 0 Å². The summed E-state index contributed by atoms with van der Waals surface area (Å²) in [5, 5.41) is 6.10. The second-order valence-corrected chi connectivity index (χ2v) is 6.76. The average Bonchev–Trinajstić information content (AvgIpc) is 2.15. The topological polar surface area (TPSA) is 70.6 Å². The van der Waals surface area contributed by atoms with Crippen molar-refractivity contribution in [2.24, 2.45) is 10.9 Å². The second-order valence-electron chi connectivity index (χ2n) is 4.50. The molecule has 0 unspecified atom stereocenters. The minimum Gasteiger partial charge on any atom is -0.357 e. The van der Waals surface area contributed by atoms with Gasteiger partial charge in [0, 0.05) is 25.9 Å². The summed E-state index contributed by atoms with van der Waals surface area (Å²) in [6, 6.07) is 0. The maximum absolute atomic E-state index is 11.0. The summed E-state index contributed by atoms with van der Waals surface area (Å²) in [4.78, 5) is 4.37. The van der Waals surface area contributed by atoms with Crippen LogP contribution in [0, 0.1) is 5.92 Å². The molecule has 0 bridgehead atoms. The molecule has 0 aliphatic heterocycles. The standard InChI is InChI=1S/C11H25N3O2S/c1-5-12-11(13-7-6-10(2)3)14-8-9-17(4,15)16/h10H,5-9H2,1-4H3,(H2,12,13,14). The zero-order chi connectivity index (χ0) is 13.3. The third-order valence-corrected chi connectivity index (χ3v) is 3.03. The van der Waals surface area contributed by atoms with Gasteiger partial charge in [0.05, 0.1) is 5.75 Å². The molecule has 0 saturated heterocycles. The number of hydrogen-bond donors (Lipinski definition) is 2. The van der Waals surface area contributed by atoms with E-state index in [-0.39, 0.29) is 5.75 Å². The van der Waals surface area contributed by atoms with Gasteiger partial charge < -0.3 is 10.6 Å². The van der Waals surface area contributed by atoms with Crippen LogP contribution in [0.1, 0.15) is 27.2 Å². The van der Waals surface area contributed by atoms with Crippen molar-refractivity contribution < 1.29 is 8.42 Å². The number of aliphatic imine (C=N–C) groups is 1. The number of nitrogens with one attached hydrogen (secondary N) is 2. The molecule has 0 saturated carbocycles. The third-order valence-electron chi connectivity index (χ3n) is 2.09. The van der Waals surface area contributed by atoms with Crippen molar-refractivity contribution in [2.45, 2.75) is 27.2 Å². The molecule has 0 aromatic heterocycles. The van der Waals surface area contributed by atoms with Crippen LogP contribution < -0.4 is 10.6 Å². The van der Waals surface area contributed by atoms with E-state index in [4.69, 9.17) is 0 Å². The van der Waals surface area contributed by atoms with E-state index in [1.165, 1.54) is 6.26 Å². The van der Waals surface area contributed by atoms with Crippen LogP contribution in [0.4, 0.5) is 0 Å². The van der Waals surface area contributed by atoms with Gasteiger partial charge in [-0.05, 0) is 19.3 Å². The molecule has 5 nitrogen and oxygen atoms in total. The molecule has 0 spiro atoms. The van der Waals surface area contributed by atoms with Crippen molar-refractivity contribution in [3.8, 4) is 0 Å². The Morgan fingerprint density at radius 2 is 1.94 bits per heavy atom. The zero-order valence-electron chi connectivity index (χ0n) is 11.3. The number of guanidine groups is 1. The molecule has 0 heterocycles. The molecule has 0 aliphatic carbocycles. The first-order chi connectivity index (χ1) is 7.85. The summed E-state index contributed by atoms with van der Waals surface area (Å²) in [7, 11) is -2.91. The molecule has 0 aliphatic rings. The lowest BCUT2D eigenvalue weighted by Gasteiger charge is -2.11. The molecule has 0 rings (SSSR count). The Kier molecular flexibility index (Phi) is 7.95. The van der Waals surface area contributed by atoms with Crippen molar-refractivity contribution in [2.75, 3.05) is 31.6 Å². The van der Waals surface area contributed by atoms with Gasteiger partial charge in [0.25, 0.3) is 0 Å². The first-order valence-electron chi connectivity index (χ1n) is 6.05. The van der Waals surface area contributed by atoms with E-state index in [0.29, 0.717) is 18.4 Å². The minimum atomic E-state index is -2.91. The predicted molar refractivity (Wildman–Crippen MR) is 73.1 cm³/mol. The van der Waals surface area contributed by atoms with Crippen LogP contribution in [-0.2, 0) is 9.84 Å². The maximum Gasteiger partial charge on any atom is 0.191 e. The van der Waals surface area contributed by atoms with Crippen LogP contribution in [-0.4, -0.2) is 46.0 Å². The first-order valence-corrected chi connectivity index (χ1v) is 8.11. The van der Waals surface area contributed by atoms with Gasteiger partial charge in [-0.2, -0.15) is 0 Å². The Morgan fingerprint density at radius 1 is 1.29 bits per heavy atom. The van der Waals surface area contributed by atoms with Crippen molar-refractivity contribution >= 4 is 15.8 Å². The molecule has 17 heavy (non-hydrogen) atoms. The Labute approximate surface area is 105 Å². The fraction of sp³-hybridized carbons (Fsp3) is 0.909. The first kappa shape index (κ1) is 16.2. The molecule has 2 N–H and O–H groups in total. The Hall–Kier alpha value is -0.780. The van der Waals surface area contributed by atoms with Crippen molar-refractivity contribution in [1.82, 2.24) is 10.6 Å². The van der Waals surface area contributed by atoms with E-state index in [1.54, 1.807) is 0 Å². The highest BCUT2D eigenvalue weighted by atomic mass is 32.2. The summed E-state index contributed by atoms with van der Waals surface area (Å²) in [6.45, 7) is 8.21. The molecule has 0 aromatic rings. The van der Waals surface area contributed by atoms with Crippen LogP contribution in [0.5, 0.6) is 0 Å². The number of rotatable bonds is 7. The Balaban J connectivity index is 4.05. The van der Waals surface area contributed by atoms with E-state index in [0.717, 1.165) is 19.5 Å². The number of nitrogens with zero attached hydrogens (tertiary/aromatic N) is 1. The molecule has 0 aromatic carbocycles. The van der Waals surface area contributed by atoms with E-state index >= 15 is 0 Å². The normalized spacial score (nSPS) is 12.9. The monoisotopic (exact) mass is 263 g/mol. The van der Waals surface area contributed by atoms with Crippen LogP contribution in [0.15, 0.2) is 4.99 Å². The van der Waals surface area contributed by atoms with Crippen LogP contribution in [0.3, 0.4) is 0 Å². The lowest BCUT2D eigenvalue weighted by atomic mass is 10.1. The minimum absolute atomic E-state index is 0.127.